The third kappa shape index (κ3) is 12.3. The number of aromatic hydroxyl groups is 1. The lowest BCUT2D eigenvalue weighted by Gasteiger charge is -2.24. The van der Waals surface area contributed by atoms with Gasteiger partial charge in [0.15, 0.2) is 0 Å². The Kier molecular flexibility index (Phi) is 16.6. The van der Waals surface area contributed by atoms with Gasteiger partial charge in [0.1, 0.15) is 5.75 Å². The number of unbranched alkanes of at least 4 members (excludes halogenated alkanes) is 10. The molecule has 1 nitrogen and oxygen atoms in total. The van der Waals surface area contributed by atoms with Crippen molar-refractivity contribution in [1.29, 1.82) is 0 Å². The Labute approximate surface area is 214 Å². The zero-order chi connectivity index (χ0) is 23.6. The van der Waals surface area contributed by atoms with Crippen molar-refractivity contribution in [1.82, 2.24) is 0 Å². The van der Waals surface area contributed by atoms with E-state index in [0.29, 0.717) is 11.7 Å². The van der Waals surface area contributed by atoms with Gasteiger partial charge in [0.2, 0.25) is 0 Å². The first-order valence-corrected chi connectivity index (χ1v) is 16.6. The van der Waals surface area contributed by atoms with Crippen LogP contribution < -0.4 is 0 Å². The van der Waals surface area contributed by atoms with Crippen molar-refractivity contribution in [2.24, 2.45) is 0 Å². The van der Waals surface area contributed by atoms with Gasteiger partial charge >= 0.3 is 0 Å². The predicted octanol–water partition coefficient (Wildman–Crippen LogP) is 10.6. The lowest BCUT2D eigenvalue weighted by Crippen LogP contribution is -2.06. The topological polar surface area (TPSA) is 20.2 Å². The van der Waals surface area contributed by atoms with E-state index in [-0.39, 0.29) is 0 Å². The maximum absolute atomic E-state index is 11.2. The van der Waals surface area contributed by atoms with E-state index in [1.807, 2.05) is 11.8 Å². The molecule has 0 atom stereocenters. The first-order chi connectivity index (χ1) is 16.3. The van der Waals surface area contributed by atoms with Crippen LogP contribution in [0.2, 0.25) is 0 Å². The Morgan fingerprint density at radius 2 is 1.24 bits per heavy atom. The second kappa shape index (κ2) is 19.0. The smallest absolute Gasteiger partial charge is 0.123 e. The van der Waals surface area contributed by atoms with E-state index in [1.54, 1.807) is 0 Å². The molecular weight excluding hydrogens is 440 g/mol. The molecule has 0 radical (unpaired) electrons. The summed E-state index contributed by atoms with van der Waals surface area (Å²) in [6.07, 6.45) is 23.0. The van der Waals surface area contributed by atoms with Gasteiger partial charge in [0.25, 0.3) is 0 Å². The van der Waals surface area contributed by atoms with Crippen LogP contribution in [0.4, 0.5) is 0 Å². The van der Waals surface area contributed by atoms with Gasteiger partial charge < -0.3 is 5.11 Å². The lowest BCUT2D eigenvalue weighted by atomic mass is 9.82. The minimum Gasteiger partial charge on any atom is -0.507 e. The van der Waals surface area contributed by atoms with Crippen LogP contribution in [0.15, 0.2) is 12.1 Å². The van der Waals surface area contributed by atoms with E-state index in [0.717, 1.165) is 11.5 Å². The first kappa shape index (κ1) is 29.0. The van der Waals surface area contributed by atoms with E-state index >= 15 is 0 Å². The molecule has 0 saturated heterocycles. The Hall–Kier alpha value is -0.280. The van der Waals surface area contributed by atoms with Gasteiger partial charge in [0.05, 0.1) is 0 Å². The molecule has 0 heterocycles. The normalized spacial score (nSPS) is 14.7. The van der Waals surface area contributed by atoms with Crippen molar-refractivity contribution in [2.75, 3.05) is 11.5 Å². The van der Waals surface area contributed by atoms with Gasteiger partial charge in [-0.1, -0.05) is 109 Å². The SMILES string of the molecule is CCCCCCCCSCc1cc(CSCCCCCCCC)c(O)c(C2CCCCC2)c1. The summed E-state index contributed by atoms with van der Waals surface area (Å²) in [5.74, 6) is 5.77. The number of hydrogen-bond donors (Lipinski definition) is 1. The molecular formula is C30H52OS2. The van der Waals surface area contributed by atoms with Crippen LogP contribution in [0.3, 0.4) is 0 Å². The fourth-order valence-electron chi connectivity index (χ4n) is 5.05. The third-order valence-electron chi connectivity index (χ3n) is 7.13. The van der Waals surface area contributed by atoms with Crippen molar-refractivity contribution in [3.05, 3.63) is 28.8 Å². The molecule has 0 spiro atoms. The first-order valence-electron chi connectivity index (χ1n) is 14.3. The molecule has 190 valence electrons. The highest BCUT2D eigenvalue weighted by molar-refractivity contribution is 7.98. The maximum atomic E-state index is 11.2. The number of phenolic OH excluding ortho intramolecular Hbond substituents is 1. The number of rotatable bonds is 19. The highest BCUT2D eigenvalue weighted by Crippen LogP contribution is 2.40. The van der Waals surface area contributed by atoms with Crippen molar-refractivity contribution in [2.45, 2.75) is 140 Å². The molecule has 1 aromatic carbocycles. The standard InChI is InChI=1S/C30H52OS2/c1-3-5-7-9-11-16-20-32-24-26-22-28(25-33-21-17-12-10-8-6-4-2)30(31)29(23-26)27-18-14-13-15-19-27/h22-23,27,31H,3-21,24-25H2,1-2H3. The van der Waals surface area contributed by atoms with Gasteiger partial charge in [0, 0.05) is 17.1 Å². The molecule has 33 heavy (non-hydrogen) atoms. The largest absolute Gasteiger partial charge is 0.507 e. The predicted molar refractivity (Wildman–Crippen MR) is 153 cm³/mol. The van der Waals surface area contributed by atoms with Gasteiger partial charge in [-0.25, -0.2) is 0 Å². The monoisotopic (exact) mass is 492 g/mol. The Bertz CT molecular complexity index is 610. The Balaban J connectivity index is 1.85. The van der Waals surface area contributed by atoms with Crippen molar-refractivity contribution in [3.63, 3.8) is 0 Å². The summed E-state index contributed by atoms with van der Waals surface area (Å²) < 4.78 is 0. The summed E-state index contributed by atoms with van der Waals surface area (Å²) in [5, 5.41) is 11.2. The third-order valence-corrected chi connectivity index (χ3v) is 9.34. The van der Waals surface area contributed by atoms with E-state index in [9.17, 15) is 5.11 Å². The molecule has 1 aliphatic carbocycles. The van der Waals surface area contributed by atoms with Crippen LogP contribution in [-0.2, 0) is 11.5 Å². The molecule has 0 bridgehead atoms. The van der Waals surface area contributed by atoms with E-state index in [2.05, 4.69) is 37.7 Å². The number of phenols is 1. The highest BCUT2D eigenvalue weighted by Gasteiger charge is 2.21. The van der Waals surface area contributed by atoms with Gasteiger partial charge in [-0.05, 0) is 54.2 Å². The van der Waals surface area contributed by atoms with Crippen LogP contribution in [-0.4, -0.2) is 16.6 Å². The van der Waals surface area contributed by atoms with E-state index in [1.165, 1.54) is 137 Å². The van der Waals surface area contributed by atoms with Crippen LogP contribution in [0.1, 0.15) is 146 Å². The number of thioether (sulfide) groups is 2. The summed E-state index contributed by atoms with van der Waals surface area (Å²) in [6, 6.07) is 4.69. The average Bonchev–Trinajstić information content (AvgIpc) is 2.84. The lowest BCUT2D eigenvalue weighted by molar-refractivity contribution is 0.412. The van der Waals surface area contributed by atoms with Crippen LogP contribution in [0.25, 0.3) is 0 Å². The van der Waals surface area contributed by atoms with Crippen LogP contribution >= 0.6 is 23.5 Å². The second-order valence-electron chi connectivity index (χ2n) is 10.2. The second-order valence-corrected chi connectivity index (χ2v) is 12.4. The molecule has 0 unspecified atom stereocenters. The highest BCUT2D eigenvalue weighted by atomic mass is 32.2. The summed E-state index contributed by atoms with van der Waals surface area (Å²) in [7, 11) is 0. The minimum absolute atomic E-state index is 0.574. The van der Waals surface area contributed by atoms with Crippen LogP contribution in [0.5, 0.6) is 5.75 Å². The molecule has 1 saturated carbocycles. The fraction of sp³-hybridized carbons (Fsp3) is 0.800. The Morgan fingerprint density at radius 3 is 1.85 bits per heavy atom. The molecule has 1 fully saturated rings. The quantitative estimate of drug-likeness (QED) is 0.194. The number of benzene rings is 1. The minimum atomic E-state index is 0.574. The number of hydrogen-bond acceptors (Lipinski definition) is 3. The van der Waals surface area contributed by atoms with Gasteiger partial charge in [-0.3, -0.25) is 0 Å². The molecule has 1 aromatic rings. The van der Waals surface area contributed by atoms with Gasteiger partial charge in [-0.15, -0.1) is 0 Å². The van der Waals surface area contributed by atoms with E-state index in [4.69, 9.17) is 0 Å². The maximum Gasteiger partial charge on any atom is 0.123 e. The average molecular weight is 493 g/mol. The summed E-state index contributed by atoms with van der Waals surface area (Å²) in [6.45, 7) is 4.57. The zero-order valence-corrected chi connectivity index (χ0v) is 23.5. The Morgan fingerprint density at radius 1 is 0.697 bits per heavy atom. The molecule has 0 amide bonds. The summed E-state index contributed by atoms with van der Waals surface area (Å²) in [5.41, 5.74) is 3.91. The molecule has 0 aromatic heterocycles. The van der Waals surface area contributed by atoms with Crippen molar-refractivity contribution in [3.8, 4) is 5.75 Å². The molecule has 1 aliphatic rings. The van der Waals surface area contributed by atoms with Crippen molar-refractivity contribution < 1.29 is 5.11 Å². The fourth-order valence-corrected chi connectivity index (χ4v) is 6.99. The summed E-state index contributed by atoms with van der Waals surface area (Å²) >= 11 is 4.12. The molecule has 3 heteroatoms. The van der Waals surface area contributed by atoms with Crippen molar-refractivity contribution >= 4 is 23.5 Å². The summed E-state index contributed by atoms with van der Waals surface area (Å²) in [4.78, 5) is 0. The van der Waals surface area contributed by atoms with Gasteiger partial charge in [-0.2, -0.15) is 23.5 Å². The molecule has 2 rings (SSSR count). The van der Waals surface area contributed by atoms with E-state index < -0.39 is 0 Å². The molecule has 0 aliphatic heterocycles. The molecule has 1 N–H and O–H groups in total. The zero-order valence-electron chi connectivity index (χ0n) is 21.8. The van der Waals surface area contributed by atoms with Crippen LogP contribution in [0, 0.1) is 0 Å².